The van der Waals surface area contributed by atoms with Crippen LogP contribution in [0.3, 0.4) is 0 Å². The lowest BCUT2D eigenvalue weighted by molar-refractivity contribution is 0.816. The van der Waals surface area contributed by atoms with E-state index in [1.807, 2.05) is 24.1 Å². The fraction of sp³-hybridized carbons (Fsp3) is 0.455. The first kappa shape index (κ1) is 12.3. The molecule has 7 heteroatoms. The normalized spacial score (nSPS) is 19.3. The minimum absolute atomic E-state index is 0.537. The van der Waals surface area contributed by atoms with Crippen LogP contribution in [-0.2, 0) is 0 Å². The second-order valence-electron chi connectivity index (χ2n) is 4.27. The summed E-state index contributed by atoms with van der Waals surface area (Å²) in [4.78, 5) is 4.51. The highest BCUT2D eigenvalue weighted by molar-refractivity contribution is 7.99. The van der Waals surface area contributed by atoms with Gasteiger partial charge in [-0.25, -0.2) is 4.98 Å². The van der Waals surface area contributed by atoms with Crippen LogP contribution in [0.4, 0.5) is 10.8 Å². The van der Waals surface area contributed by atoms with E-state index in [1.54, 1.807) is 11.3 Å². The summed E-state index contributed by atoms with van der Waals surface area (Å²) in [5, 5.41) is 7.63. The van der Waals surface area contributed by atoms with Crippen molar-refractivity contribution in [2.75, 3.05) is 22.6 Å². The van der Waals surface area contributed by atoms with Crippen molar-refractivity contribution >= 4 is 45.5 Å². The Morgan fingerprint density at radius 2 is 2.39 bits per heavy atom. The highest BCUT2D eigenvalue weighted by Gasteiger charge is 2.21. The molecule has 1 unspecified atom stereocenters. The third-order valence-corrected chi connectivity index (χ3v) is 5.75. The first-order chi connectivity index (χ1) is 8.74. The van der Waals surface area contributed by atoms with E-state index in [0.717, 1.165) is 27.0 Å². The molecule has 1 aliphatic heterocycles. The van der Waals surface area contributed by atoms with Gasteiger partial charge in [-0.05, 0) is 30.6 Å². The van der Waals surface area contributed by atoms with Crippen molar-refractivity contribution in [2.24, 2.45) is 0 Å². The first-order valence-electron chi connectivity index (χ1n) is 5.76. The van der Waals surface area contributed by atoms with Gasteiger partial charge >= 0.3 is 0 Å². The van der Waals surface area contributed by atoms with E-state index in [-0.39, 0.29) is 0 Å². The van der Waals surface area contributed by atoms with E-state index in [2.05, 4.69) is 14.7 Å². The molecule has 96 valence electrons. The number of thioether (sulfide) groups is 1. The van der Waals surface area contributed by atoms with Crippen LogP contribution >= 0.6 is 34.6 Å². The van der Waals surface area contributed by atoms with Gasteiger partial charge in [-0.2, -0.15) is 16.1 Å². The summed E-state index contributed by atoms with van der Waals surface area (Å²) in [5.74, 6) is 2.98. The summed E-state index contributed by atoms with van der Waals surface area (Å²) in [6, 6.07) is 0.537. The summed E-state index contributed by atoms with van der Waals surface area (Å²) in [6.07, 6.45) is 1.21. The number of aryl methyl sites for hydroxylation is 1. The van der Waals surface area contributed by atoms with E-state index in [0.29, 0.717) is 11.9 Å². The van der Waals surface area contributed by atoms with Crippen molar-refractivity contribution in [1.29, 1.82) is 0 Å². The Morgan fingerprint density at radius 1 is 1.50 bits per heavy atom. The maximum absolute atomic E-state index is 5.98. The Hall–Kier alpha value is -0.790. The molecule has 0 bridgehead atoms. The summed E-state index contributed by atoms with van der Waals surface area (Å²) in [5.41, 5.74) is 7.99. The number of anilines is 2. The molecule has 1 atom stereocenters. The predicted molar refractivity (Wildman–Crippen MR) is 81.7 cm³/mol. The highest BCUT2D eigenvalue weighted by atomic mass is 32.2. The molecule has 0 spiro atoms. The monoisotopic (exact) mass is 298 g/mol. The van der Waals surface area contributed by atoms with Crippen molar-refractivity contribution in [3.63, 3.8) is 0 Å². The molecule has 0 radical (unpaired) electrons. The molecule has 2 aromatic rings. The number of aromatic nitrogens is 2. The maximum atomic E-state index is 5.98. The summed E-state index contributed by atoms with van der Waals surface area (Å²) in [6.45, 7) is 2.00. The van der Waals surface area contributed by atoms with Crippen LogP contribution < -0.4 is 11.1 Å². The second-order valence-corrected chi connectivity index (χ2v) is 7.05. The SMILES string of the molecule is Cc1csc(-c2c(N)nsc2NC2CCSC2)n1. The molecule has 4 nitrogen and oxygen atoms in total. The van der Waals surface area contributed by atoms with Gasteiger partial charge in [0.15, 0.2) is 0 Å². The Kier molecular flexibility index (Phi) is 3.45. The molecule has 0 saturated carbocycles. The van der Waals surface area contributed by atoms with Crippen LogP contribution in [0.1, 0.15) is 12.1 Å². The number of hydrogen-bond donors (Lipinski definition) is 2. The van der Waals surface area contributed by atoms with E-state index < -0.39 is 0 Å². The quantitative estimate of drug-likeness (QED) is 0.911. The summed E-state index contributed by atoms with van der Waals surface area (Å²) < 4.78 is 4.26. The van der Waals surface area contributed by atoms with E-state index in [4.69, 9.17) is 5.73 Å². The van der Waals surface area contributed by atoms with Crippen LogP contribution in [0.2, 0.25) is 0 Å². The molecule has 18 heavy (non-hydrogen) atoms. The zero-order valence-corrected chi connectivity index (χ0v) is 12.4. The van der Waals surface area contributed by atoms with E-state index >= 15 is 0 Å². The van der Waals surface area contributed by atoms with Crippen LogP contribution in [0, 0.1) is 6.92 Å². The van der Waals surface area contributed by atoms with Crippen molar-refractivity contribution < 1.29 is 0 Å². The minimum atomic E-state index is 0.537. The second kappa shape index (κ2) is 5.07. The Bertz CT molecular complexity index is 542. The molecule has 0 aliphatic carbocycles. The first-order valence-corrected chi connectivity index (χ1v) is 8.56. The lowest BCUT2D eigenvalue weighted by Crippen LogP contribution is -2.17. The van der Waals surface area contributed by atoms with Crippen molar-refractivity contribution in [3.8, 4) is 10.6 Å². The summed E-state index contributed by atoms with van der Waals surface area (Å²) in [7, 11) is 0. The Morgan fingerprint density at radius 3 is 3.06 bits per heavy atom. The fourth-order valence-corrected chi connectivity index (χ4v) is 4.78. The lowest BCUT2D eigenvalue weighted by Gasteiger charge is -2.11. The smallest absolute Gasteiger partial charge is 0.149 e. The average Bonchev–Trinajstić information content (AvgIpc) is 3.03. The topological polar surface area (TPSA) is 63.8 Å². The van der Waals surface area contributed by atoms with Crippen LogP contribution in [0.15, 0.2) is 5.38 Å². The molecule has 3 N–H and O–H groups in total. The molecule has 1 aliphatic rings. The van der Waals surface area contributed by atoms with Crippen molar-refractivity contribution in [1.82, 2.24) is 9.36 Å². The third-order valence-electron chi connectivity index (χ3n) is 2.82. The number of thiazole rings is 1. The average molecular weight is 298 g/mol. The number of nitrogens with two attached hydrogens (primary N) is 1. The fourth-order valence-electron chi connectivity index (χ4n) is 1.91. The van der Waals surface area contributed by atoms with Gasteiger partial charge in [0.25, 0.3) is 0 Å². The largest absolute Gasteiger partial charge is 0.382 e. The zero-order chi connectivity index (χ0) is 12.5. The van der Waals surface area contributed by atoms with Gasteiger partial charge in [0.05, 0.1) is 5.56 Å². The zero-order valence-electron chi connectivity index (χ0n) is 9.97. The van der Waals surface area contributed by atoms with E-state index in [9.17, 15) is 0 Å². The molecule has 0 aromatic carbocycles. The Balaban J connectivity index is 1.90. The minimum Gasteiger partial charge on any atom is -0.382 e. The molecule has 3 rings (SSSR count). The number of rotatable bonds is 3. The van der Waals surface area contributed by atoms with Crippen LogP contribution in [-0.4, -0.2) is 26.9 Å². The van der Waals surface area contributed by atoms with Crippen molar-refractivity contribution in [3.05, 3.63) is 11.1 Å². The van der Waals surface area contributed by atoms with Gasteiger partial charge in [-0.1, -0.05) is 0 Å². The number of nitrogens with one attached hydrogen (secondary N) is 1. The van der Waals surface area contributed by atoms with Gasteiger partial charge in [0.2, 0.25) is 0 Å². The van der Waals surface area contributed by atoms with Gasteiger partial charge in [0.1, 0.15) is 15.8 Å². The van der Waals surface area contributed by atoms with Crippen LogP contribution in [0.5, 0.6) is 0 Å². The molecular weight excluding hydrogens is 284 g/mol. The van der Waals surface area contributed by atoms with Crippen LogP contribution in [0.25, 0.3) is 10.6 Å². The number of nitrogens with zero attached hydrogens (tertiary/aromatic N) is 2. The lowest BCUT2D eigenvalue weighted by atomic mass is 10.2. The molecular formula is C11H14N4S3. The molecule has 1 saturated heterocycles. The number of nitrogen functional groups attached to an aromatic ring is 1. The van der Waals surface area contributed by atoms with Gasteiger partial charge < -0.3 is 11.1 Å². The number of hydrogen-bond acceptors (Lipinski definition) is 7. The van der Waals surface area contributed by atoms with Gasteiger partial charge in [-0.15, -0.1) is 11.3 Å². The summed E-state index contributed by atoms with van der Waals surface area (Å²) >= 11 is 5.05. The third kappa shape index (κ3) is 2.34. The molecule has 2 aromatic heterocycles. The standard InChI is InChI=1S/C11H14N4S3/c1-6-4-17-10(13-6)8-9(12)15-18-11(8)14-7-2-3-16-5-7/h4,7,14H,2-3,5H2,1H3,(H2,12,15). The Labute approximate surface area is 118 Å². The van der Waals surface area contributed by atoms with Gasteiger partial charge in [0, 0.05) is 22.9 Å². The maximum Gasteiger partial charge on any atom is 0.149 e. The van der Waals surface area contributed by atoms with E-state index in [1.165, 1.54) is 23.7 Å². The molecule has 1 fully saturated rings. The highest BCUT2D eigenvalue weighted by Crippen LogP contribution is 2.39. The van der Waals surface area contributed by atoms with Crippen molar-refractivity contribution in [2.45, 2.75) is 19.4 Å². The van der Waals surface area contributed by atoms with Gasteiger partial charge in [-0.3, -0.25) is 0 Å². The predicted octanol–water partition coefficient (Wildman–Crippen LogP) is 3.07. The molecule has 0 amide bonds. The molecule has 3 heterocycles.